The zero-order valence-corrected chi connectivity index (χ0v) is 14.2. The summed E-state index contributed by atoms with van der Waals surface area (Å²) in [5.41, 5.74) is 2.58. The number of H-pyrrole nitrogens is 1. The van der Waals surface area contributed by atoms with Crippen LogP contribution < -0.4 is 10.1 Å². The monoisotopic (exact) mass is 353 g/mol. The highest BCUT2D eigenvalue weighted by Crippen LogP contribution is 2.16. The molecule has 26 heavy (non-hydrogen) atoms. The second kappa shape index (κ2) is 8.21. The van der Waals surface area contributed by atoms with Gasteiger partial charge >= 0.3 is 0 Å². The van der Waals surface area contributed by atoms with Gasteiger partial charge in [0, 0.05) is 12.1 Å². The highest BCUT2D eigenvalue weighted by molar-refractivity contribution is 5.80. The Balaban J connectivity index is 1.52. The lowest BCUT2D eigenvalue weighted by Crippen LogP contribution is -2.37. The normalized spacial score (nSPS) is 11.8. The van der Waals surface area contributed by atoms with Gasteiger partial charge in [-0.3, -0.25) is 4.79 Å². The number of amides is 1. The second-order valence-electron chi connectivity index (χ2n) is 5.75. The van der Waals surface area contributed by atoms with E-state index < -0.39 is 12.0 Å². The molecule has 1 atom stereocenters. The van der Waals surface area contributed by atoms with E-state index in [0.29, 0.717) is 11.6 Å². The van der Waals surface area contributed by atoms with E-state index in [2.05, 4.69) is 25.9 Å². The lowest BCUT2D eigenvalue weighted by molar-refractivity contribution is -0.130. The van der Waals surface area contributed by atoms with Crippen LogP contribution in [-0.2, 0) is 11.3 Å². The van der Waals surface area contributed by atoms with E-state index in [9.17, 15) is 9.90 Å². The summed E-state index contributed by atoms with van der Waals surface area (Å²) in [4.78, 5) is 12.1. The van der Waals surface area contributed by atoms with Gasteiger partial charge in [-0.1, -0.05) is 36.4 Å². The smallest absolute Gasteiger partial charge is 0.252 e. The molecule has 1 heterocycles. The number of carbonyl (C=O) groups is 1. The van der Waals surface area contributed by atoms with Crippen LogP contribution in [0, 0.1) is 6.92 Å². The van der Waals surface area contributed by atoms with Crippen LogP contribution >= 0.6 is 0 Å². The van der Waals surface area contributed by atoms with E-state index in [0.717, 1.165) is 16.7 Å². The topological polar surface area (TPSA) is 113 Å². The van der Waals surface area contributed by atoms with Crippen LogP contribution in [0.5, 0.6) is 5.75 Å². The molecular formula is C18H19N5O3. The van der Waals surface area contributed by atoms with Crippen molar-refractivity contribution in [3.8, 4) is 17.1 Å². The lowest BCUT2D eigenvalue weighted by atomic mass is 10.1. The maximum Gasteiger partial charge on any atom is 0.252 e. The van der Waals surface area contributed by atoms with Crippen LogP contribution in [0.2, 0.25) is 0 Å². The third-order valence-corrected chi connectivity index (χ3v) is 3.79. The number of aliphatic hydroxyl groups is 1. The number of aromatic amines is 1. The summed E-state index contributed by atoms with van der Waals surface area (Å²) < 4.78 is 5.50. The fourth-order valence-corrected chi connectivity index (χ4v) is 2.37. The quantitative estimate of drug-likeness (QED) is 0.589. The Morgan fingerprint density at radius 2 is 2.12 bits per heavy atom. The summed E-state index contributed by atoms with van der Waals surface area (Å²) in [7, 11) is 0. The highest BCUT2D eigenvalue weighted by atomic mass is 16.5. The van der Waals surface area contributed by atoms with Gasteiger partial charge in [-0.05, 0) is 35.4 Å². The first-order valence-electron chi connectivity index (χ1n) is 8.10. The number of aryl methyl sites for hydroxylation is 1. The summed E-state index contributed by atoms with van der Waals surface area (Å²) in [6.45, 7) is 2.06. The van der Waals surface area contributed by atoms with Crippen molar-refractivity contribution in [2.45, 2.75) is 19.6 Å². The maximum atomic E-state index is 12.1. The summed E-state index contributed by atoms with van der Waals surface area (Å²) >= 11 is 0. The van der Waals surface area contributed by atoms with E-state index in [1.165, 1.54) is 0 Å². The molecule has 1 amide bonds. The van der Waals surface area contributed by atoms with Crippen molar-refractivity contribution in [1.29, 1.82) is 0 Å². The van der Waals surface area contributed by atoms with Crippen molar-refractivity contribution < 1.29 is 14.6 Å². The fourth-order valence-electron chi connectivity index (χ4n) is 2.37. The van der Waals surface area contributed by atoms with E-state index in [1.807, 2.05) is 49.4 Å². The Labute approximate surface area is 150 Å². The molecule has 3 aromatic rings. The van der Waals surface area contributed by atoms with Gasteiger partial charge in [-0.25, -0.2) is 0 Å². The average molecular weight is 353 g/mol. The molecule has 8 nitrogen and oxygen atoms in total. The van der Waals surface area contributed by atoms with Gasteiger partial charge in [0.2, 0.25) is 5.82 Å². The Kier molecular flexibility index (Phi) is 5.55. The first kappa shape index (κ1) is 17.6. The predicted molar refractivity (Wildman–Crippen MR) is 94.1 cm³/mol. The molecule has 0 aliphatic heterocycles. The Hall–Kier alpha value is -3.26. The molecule has 0 saturated heterocycles. The molecule has 2 aromatic carbocycles. The molecule has 0 bridgehead atoms. The van der Waals surface area contributed by atoms with Gasteiger partial charge in [-0.2, -0.15) is 5.21 Å². The molecule has 0 saturated carbocycles. The van der Waals surface area contributed by atoms with E-state index >= 15 is 0 Å². The van der Waals surface area contributed by atoms with Gasteiger partial charge in [0.1, 0.15) is 12.4 Å². The molecule has 0 radical (unpaired) electrons. The van der Waals surface area contributed by atoms with Crippen molar-refractivity contribution >= 4 is 5.91 Å². The molecule has 8 heteroatoms. The first-order chi connectivity index (χ1) is 12.6. The third-order valence-electron chi connectivity index (χ3n) is 3.79. The number of carbonyl (C=O) groups excluding carboxylic acids is 1. The minimum atomic E-state index is -1.25. The zero-order chi connectivity index (χ0) is 18.4. The number of benzene rings is 2. The van der Waals surface area contributed by atoms with E-state index in [-0.39, 0.29) is 13.2 Å². The number of para-hydroxylation sites is 1. The van der Waals surface area contributed by atoms with Gasteiger partial charge in [0.25, 0.3) is 5.91 Å². The second-order valence-corrected chi connectivity index (χ2v) is 5.75. The van der Waals surface area contributed by atoms with Crippen molar-refractivity contribution in [2.75, 3.05) is 6.61 Å². The molecule has 1 aromatic heterocycles. The van der Waals surface area contributed by atoms with Crippen LogP contribution in [0.4, 0.5) is 0 Å². The summed E-state index contributed by atoms with van der Waals surface area (Å²) in [5, 5.41) is 26.4. The molecule has 3 N–H and O–H groups in total. The third kappa shape index (κ3) is 4.42. The van der Waals surface area contributed by atoms with Crippen molar-refractivity contribution in [1.82, 2.24) is 25.9 Å². The molecule has 134 valence electrons. The summed E-state index contributed by atoms with van der Waals surface area (Å²) in [6.07, 6.45) is -1.25. The van der Waals surface area contributed by atoms with Crippen LogP contribution in [-0.4, -0.2) is 44.3 Å². The van der Waals surface area contributed by atoms with Crippen molar-refractivity contribution in [3.05, 3.63) is 59.7 Å². The number of hydrogen-bond donors (Lipinski definition) is 3. The number of aliphatic hydroxyl groups excluding tert-OH is 1. The number of nitrogens with one attached hydrogen (secondary N) is 2. The Morgan fingerprint density at radius 3 is 2.88 bits per heavy atom. The first-order valence-corrected chi connectivity index (χ1v) is 8.10. The number of aromatic nitrogens is 4. The molecule has 0 aliphatic carbocycles. The molecule has 0 unspecified atom stereocenters. The van der Waals surface area contributed by atoms with Crippen LogP contribution in [0.1, 0.15) is 11.1 Å². The number of tetrazole rings is 1. The zero-order valence-electron chi connectivity index (χ0n) is 14.2. The molecule has 0 fully saturated rings. The number of hydrogen-bond acceptors (Lipinski definition) is 6. The summed E-state index contributed by atoms with van der Waals surface area (Å²) in [5.74, 6) is 0.626. The van der Waals surface area contributed by atoms with E-state index in [1.54, 1.807) is 6.07 Å². The molecule has 3 rings (SSSR count). The molecule has 0 aliphatic rings. The van der Waals surface area contributed by atoms with Gasteiger partial charge in [0.15, 0.2) is 6.10 Å². The molecule has 0 spiro atoms. The molecular weight excluding hydrogens is 334 g/mol. The van der Waals surface area contributed by atoms with Gasteiger partial charge in [0.05, 0.1) is 0 Å². The lowest BCUT2D eigenvalue weighted by Gasteiger charge is -2.14. The van der Waals surface area contributed by atoms with E-state index in [4.69, 9.17) is 4.74 Å². The van der Waals surface area contributed by atoms with Crippen molar-refractivity contribution in [2.24, 2.45) is 0 Å². The van der Waals surface area contributed by atoms with Crippen LogP contribution in [0.25, 0.3) is 11.4 Å². The maximum absolute atomic E-state index is 12.1. The fraction of sp³-hybridized carbons (Fsp3) is 0.222. The Morgan fingerprint density at radius 1 is 1.27 bits per heavy atom. The van der Waals surface area contributed by atoms with Crippen LogP contribution in [0.15, 0.2) is 48.5 Å². The number of rotatable bonds is 7. The largest absolute Gasteiger partial charge is 0.490 e. The van der Waals surface area contributed by atoms with Crippen molar-refractivity contribution in [3.63, 3.8) is 0 Å². The standard InChI is InChI=1S/C18H19N5O3/c1-12-5-2-3-8-16(12)26-11-15(24)18(25)19-10-13-6-4-7-14(9-13)17-20-22-23-21-17/h2-9,15,24H,10-11H2,1H3,(H,19,25)(H,20,21,22,23)/t15-/m0/s1. The highest BCUT2D eigenvalue weighted by Gasteiger charge is 2.16. The van der Waals surface area contributed by atoms with Gasteiger partial charge < -0.3 is 15.2 Å². The summed E-state index contributed by atoms with van der Waals surface area (Å²) in [6, 6.07) is 14.8. The average Bonchev–Trinajstić information content (AvgIpc) is 3.20. The SMILES string of the molecule is Cc1ccccc1OC[C@H](O)C(=O)NCc1cccc(-c2nn[nH]n2)c1. The minimum Gasteiger partial charge on any atom is -0.490 e. The van der Waals surface area contributed by atoms with Crippen LogP contribution in [0.3, 0.4) is 0 Å². The predicted octanol–water partition coefficient (Wildman–Crippen LogP) is 1.23. The number of ether oxygens (including phenoxy) is 1. The Bertz CT molecular complexity index is 867. The van der Waals surface area contributed by atoms with Gasteiger partial charge in [-0.15, -0.1) is 10.2 Å². The number of nitrogens with zero attached hydrogens (tertiary/aromatic N) is 3. The minimum absolute atomic E-state index is 0.112.